The average Bonchev–Trinajstić information content (AvgIpc) is 2.74. The van der Waals surface area contributed by atoms with E-state index in [2.05, 4.69) is 16.0 Å². The van der Waals surface area contributed by atoms with Crippen LogP contribution in [-0.2, 0) is 9.59 Å². The van der Waals surface area contributed by atoms with Crippen LogP contribution in [0.4, 0.5) is 5.69 Å². The minimum Gasteiger partial charge on any atom is -0.353 e. The molecule has 0 aliphatic carbocycles. The van der Waals surface area contributed by atoms with E-state index in [0.29, 0.717) is 24.3 Å². The molecule has 1 aliphatic rings. The smallest absolute Gasteiger partial charge is 0.253 e. The number of para-hydroxylation sites is 1. The Labute approximate surface area is 183 Å². The van der Waals surface area contributed by atoms with Crippen molar-refractivity contribution in [1.82, 2.24) is 15.5 Å². The maximum Gasteiger partial charge on any atom is 0.253 e. The summed E-state index contributed by atoms with van der Waals surface area (Å²) < 4.78 is 0. The number of hydrogen-bond acceptors (Lipinski definition) is 4. The quantitative estimate of drug-likeness (QED) is 0.640. The SMILES string of the molecule is CC(NC(=O)c1ccccc1NC(=O)CN1CCNC(=O)C1C(C)C)c1ccccc1. The molecule has 2 aromatic rings. The molecule has 164 valence electrons. The van der Waals surface area contributed by atoms with Crippen molar-refractivity contribution in [1.29, 1.82) is 0 Å². The zero-order valence-corrected chi connectivity index (χ0v) is 18.2. The predicted molar refractivity (Wildman–Crippen MR) is 121 cm³/mol. The van der Waals surface area contributed by atoms with Crippen LogP contribution < -0.4 is 16.0 Å². The van der Waals surface area contributed by atoms with Gasteiger partial charge in [-0.3, -0.25) is 19.3 Å². The van der Waals surface area contributed by atoms with E-state index in [1.165, 1.54) is 0 Å². The van der Waals surface area contributed by atoms with Gasteiger partial charge in [-0.25, -0.2) is 0 Å². The molecule has 3 amide bonds. The number of nitrogens with one attached hydrogen (secondary N) is 3. The topological polar surface area (TPSA) is 90.5 Å². The Morgan fingerprint density at radius 1 is 1.06 bits per heavy atom. The molecular weight excluding hydrogens is 392 g/mol. The van der Waals surface area contributed by atoms with Crippen LogP contribution in [0, 0.1) is 5.92 Å². The Morgan fingerprint density at radius 3 is 2.45 bits per heavy atom. The molecule has 1 fully saturated rings. The summed E-state index contributed by atoms with van der Waals surface area (Å²) >= 11 is 0. The van der Waals surface area contributed by atoms with Crippen molar-refractivity contribution in [2.45, 2.75) is 32.9 Å². The lowest BCUT2D eigenvalue weighted by Gasteiger charge is -2.36. The van der Waals surface area contributed by atoms with Crippen LogP contribution in [0.5, 0.6) is 0 Å². The van der Waals surface area contributed by atoms with Gasteiger partial charge in [0.15, 0.2) is 0 Å². The van der Waals surface area contributed by atoms with Crippen LogP contribution in [0.3, 0.4) is 0 Å². The highest BCUT2D eigenvalue weighted by Gasteiger charge is 2.33. The van der Waals surface area contributed by atoms with Gasteiger partial charge in [-0.15, -0.1) is 0 Å². The van der Waals surface area contributed by atoms with Gasteiger partial charge in [0.25, 0.3) is 5.91 Å². The van der Waals surface area contributed by atoms with Crippen LogP contribution in [0.1, 0.15) is 42.7 Å². The summed E-state index contributed by atoms with van der Waals surface area (Å²) in [5, 5.41) is 8.69. The summed E-state index contributed by atoms with van der Waals surface area (Å²) in [6.45, 7) is 7.07. The highest BCUT2D eigenvalue weighted by Crippen LogP contribution is 2.19. The molecule has 2 aromatic carbocycles. The molecule has 1 aliphatic heterocycles. The van der Waals surface area contributed by atoms with Gasteiger partial charge >= 0.3 is 0 Å². The number of nitrogens with zero attached hydrogens (tertiary/aromatic N) is 1. The fourth-order valence-corrected chi connectivity index (χ4v) is 3.90. The molecule has 3 N–H and O–H groups in total. The van der Waals surface area contributed by atoms with Gasteiger partial charge in [0, 0.05) is 13.1 Å². The summed E-state index contributed by atoms with van der Waals surface area (Å²) in [6.07, 6.45) is 0. The molecule has 7 heteroatoms. The third-order valence-corrected chi connectivity index (χ3v) is 5.43. The van der Waals surface area contributed by atoms with Gasteiger partial charge in [-0.05, 0) is 30.5 Å². The Bertz CT molecular complexity index is 929. The lowest BCUT2D eigenvalue weighted by molar-refractivity contribution is -0.132. The first-order valence-electron chi connectivity index (χ1n) is 10.6. The molecule has 0 radical (unpaired) electrons. The molecule has 1 saturated heterocycles. The standard InChI is InChI=1S/C24H30N4O3/c1-16(2)22-24(31)25-13-14-28(22)15-21(29)27-20-12-8-7-11-19(20)23(30)26-17(3)18-9-5-4-6-10-18/h4-12,16-17,22H,13-15H2,1-3H3,(H,25,31)(H,26,30)(H,27,29). The maximum absolute atomic E-state index is 12.9. The molecular formula is C24H30N4O3. The molecule has 2 unspecified atom stereocenters. The van der Waals surface area contributed by atoms with Gasteiger partial charge in [0.05, 0.1) is 29.9 Å². The van der Waals surface area contributed by atoms with Crippen molar-refractivity contribution in [3.05, 3.63) is 65.7 Å². The maximum atomic E-state index is 12.9. The van der Waals surface area contributed by atoms with Crippen molar-refractivity contribution in [3.63, 3.8) is 0 Å². The van der Waals surface area contributed by atoms with E-state index < -0.39 is 0 Å². The van der Waals surface area contributed by atoms with Crippen LogP contribution in [-0.4, -0.2) is 48.3 Å². The molecule has 31 heavy (non-hydrogen) atoms. The second kappa shape index (κ2) is 10.2. The van der Waals surface area contributed by atoms with Crippen LogP contribution in [0.15, 0.2) is 54.6 Å². The van der Waals surface area contributed by atoms with E-state index in [-0.39, 0.29) is 42.3 Å². The highest BCUT2D eigenvalue weighted by molar-refractivity contribution is 6.04. The first-order valence-corrected chi connectivity index (χ1v) is 10.6. The monoisotopic (exact) mass is 422 g/mol. The second-order valence-electron chi connectivity index (χ2n) is 8.15. The molecule has 0 aromatic heterocycles. The van der Waals surface area contributed by atoms with Crippen molar-refractivity contribution >= 4 is 23.4 Å². The number of amides is 3. The largest absolute Gasteiger partial charge is 0.353 e. The first-order chi connectivity index (χ1) is 14.9. The molecule has 0 bridgehead atoms. The van der Waals surface area contributed by atoms with Gasteiger partial charge in [0.1, 0.15) is 0 Å². The van der Waals surface area contributed by atoms with E-state index in [1.807, 2.05) is 56.0 Å². The van der Waals surface area contributed by atoms with Crippen LogP contribution in [0.25, 0.3) is 0 Å². The van der Waals surface area contributed by atoms with Gasteiger partial charge < -0.3 is 16.0 Å². The van der Waals surface area contributed by atoms with Crippen LogP contribution >= 0.6 is 0 Å². The predicted octanol–water partition coefficient (Wildman–Crippen LogP) is 2.57. The molecule has 1 heterocycles. The van der Waals surface area contributed by atoms with Crippen molar-refractivity contribution < 1.29 is 14.4 Å². The number of carbonyl (C=O) groups excluding carboxylic acids is 3. The minimum atomic E-state index is -0.343. The first kappa shape index (κ1) is 22.5. The van der Waals surface area contributed by atoms with Gasteiger partial charge in [-0.2, -0.15) is 0 Å². The number of rotatable bonds is 7. The summed E-state index contributed by atoms with van der Waals surface area (Å²) in [5.41, 5.74) is 1.85. The van der Waals surface area contributed by atoms with Crippen molar-refractivity contribution in [3.8, 4) is 0 Å². The number of anilines is 1. The second-order valence-corrected chi connectivity index (χ2v) is 8.15. The third-order valence-electron chi connectivity index (χ3n) is 5.43. The minimum absolute atomic E-state index is 0.0521. The van der Waals surface area contributed by atoms with E-state index in [4.69, 9.17) is 0 Å². The number of piperazine rings is 1. The normalized spacial score (nSPS) is 17.7. The van der Waals surface area contributed by atoms with Crippen molar-refractivity contribution in [2.24, 2.45) is 5.92 Å². The zero-order chi connectivity index (χ0) is 22.4. The lowest BCUT2D eigenvalue weighted by Crippen LogP contribution is -2.58. The average molecular weight is 423 g/mol. The van der Waals surface area contributed by atoms with E-state index in [9.17, 15) is 14.4 Å². The lowest BCUT2D eigenvalue weighted by atomic mass is 9.99. The summed E-state index contributed by atoms with van der Waals surface area (Å²) in [4.78, 5) is 39.7. The summed E-state index contributed by atoms with van der Waals surface area (Å²) in [6, 6.07) is 16.1. The molecule has 0 spiro atoms. The van der Waals surface area contributed by atoms with Crippen molar-refractivity contribution in [2.75, 3.05) is 25.0 Å². The molecule has 2 atom stereocenters. The highest BCUT2D eigenvalue weighted by atomic mass is 16.2. The Morgan fingerprint density at radius 2 is 1.74 bits per heavy atom. The third kappa shape index (κ3) is 5.70. The van der Waals surface area contributed by atoms with E-state index >= 15 is 0 Å². The Balaban J connectivity index is 1.68. The fraction of sp³-hybridized carbons (Fsp3) is 0.375. The Hall–Kier alpha value is -3.19. The fourth-order valence-electron chi connectivity index (χ4n) is 3.90. The number of benzene rings is 2. The van der Waals surface area contributed by atoms with E-state index in [1.54, 1.807) is 24.3 Å². The molecule has 7 nitrogen and oxygen atoms in total. The van der Waals surface area contributed by atoms with Gasteiger partial charge in [0.2, 0.25) is 11.8 Å². The summed E-state index contributed by atoms with van der Waals surface area (Å²) in [5.74, 6) is -0.476. The van der Waals surface area contributed by atoms with Gasteiger partial charge in [-0.1, -0.05) is 56.3 Å². The van der Waals surface area contributed by atoms with E-state index in [0.717, 1.165) is 5.56 Å². The summed E-state index contributed by atoms with van der Waals surface area (Å²) in [7, 11) is 0. The molecule has 3 rings (SSSR count). The number of carbonyl (C=O) groups is 3. The molecule has 0 saturated carbocycles. The Kier molecular flexibility index (Phi) is 7.41. The van der Waals surface area contributed by atoms with Crippen LogP contribution in [0.2, 0.25) is 0 Å². The number of hydrogen-bond donors (Lipinski definition) is 3. The zero-order valence-electron chi connectivity index (χ0n) is 18.2.